The summed E-state index contributed by atoms with van der Waals surface area (Å²) in [6, 6.07) is 8.14. The molecular weight excluding hydrogens is 368 g/mol. The first-order valence-electron chi connectivity index (χ1n) is 10.5. The fourth-order valence-electron chi connectivity index (χ4n) is 4.13. The first-order valence-corrected chi connectivity index (χ1v) is 10.5. The molecule has 8 heteroatoms. The van der Waals surface area contributed by atoms with Gasteiger partial charge in [-0.15, -0.1) is 5.10 Å². The molecule has 1 N–H and O–H groups in total. The normalized spacial score (nSPS) is 20.4. The number of nitrogens with zero attached hydrogens (tertiary/aromatic N) is 5. The molecule has 2 fully saturated rings. The Morgan fingerprint density at radius 2 is 1.90 bits per heavy atom. The Bertz CT molecular complexity index is 841. The van der Waals surface area contributed by atoms with E-state index in [0.717, 1.165) is 62.8 Å². The maximum atomic E-state index is 13.1. The highest BCUT2D eigenvalue weighted by Crippen LogP contribution is 2.21. The number of hydrogen-bond donors (Lipinski definition) is 1. The van der Waals surface area contributed by atoms with Crippen LogP contribution in [0.5, 0.6) is 5.75 Å². The van der Waals surface area contributed by atoms with E-state index in [1.807, 2.05) is 49.9 Å². The molecule has 0 saturated carbocycles. The van der Waals surface area contributed by atoms with E-state index < -0.39 is 0 Å². The Morgan fingerprint density at radius 3 is 2.59 bits per heavy atom. The maximum Gasteiger partial charge on any atom is 0.276 e. The first kappa shape index (κ1) is 19.8. The largest absolute Gasteiger partial charge is 0.491 e. The summed E-state index contributed by atoms with van der Waals surface area (Å²) in [5.74, 6) is 0.792. The minimum Gasteiger partial charge on any atom is -0.491 e. The fraction of sp³-hybridized carbons (Fsp3) is 0.571. The molecule has 3 heterocycles. The predicted molar refractivity (Wildman–Crippen MR) is 111 cm³/mol. The lowest BCUT2D eigenvalue weighted by molar-refractivity contribution is 0.0767. The zero-order valence-corrected chi connectivity index (χ0v) is 17.5. The van der Waals surface area contributed by atoms with E-state index in [1.165, 1.54) is 0 Å². The zero-order chi connectivity index (χ0) is 20.4. The fourth-order valence-corrected chi connectivity index (χ4v) is 4.13. The lowest BCUT2D eigenvalue weighted by atomic mass is 10.2. The van der Waals surface area contributed by atoms with E-state index in [9.17, 15) is 4.79 Å². The maximum absolute atomic E-state index is 13.1. The molecule has 2 aliphatic heterocycles. The summed E-state index contributed by atoms with van der Waals surface area (Å²) in [5, 5.41) is 11.8. The van der Waals surface area contributed by atoms with Gasteiger partial charge in [0.05, 0.1) is 17.5 Å². The quantitative estimate of drug-likeness (QED) is 0.822. The molecule has 1 amide bonds. The third-order valence-electron chi connectivity index (χ3n) is 5.67. The number of nitrogens with one attached hydrogen (secondary N) is 1. The number of carbonyl (C=O) groups is 1. The van der Waals surface area contributed by atoms with Gasteiger partial charge < -0.3 is 15.0 Å². The molecular formula is C21H30N6O2. The van der Waals surface area contributed by atoms with Gasteiger partial charge in [0.2, 0.25) is 0 Å². The van der Waals surface area contributed by atoms with Crippen LogP contribution in [0.4, 0.5) is 0 Å². The number of hydrogen-bond acceptors (Lipinski definition) is 6. The average molecular weight is 399 g/mol. The average Bonchev–Trinajstić information content (AvgIpc) is 3.36. The van der Waals surface area contributed by atoms with Gasteiger partial charge >= 0.3 is 0 Å². The molecule has 0 radical (unpaired) electrons. The van der Waals surface area contributed by atoms with Crippen molar-refractivity contribution in [1.29, 1.82) is 0 Å². The van der Waals surface area contributed by atoms with E-state index in [0.29, 0.717) is 11.7 Å². The molecule has 1 atom stereocenters. The summed E-state index contributed by atoms with van der Waals surface area (Å²) in [5.41, 5.74) is 2.07. The topological polar surface area (TPSA) is 75.5 Å². The van der Waals surface area contributed by atoms with Crippen molar-refractivity contribution >= 4 is 5.91 Å². The summed E-state index contributed by atoms with van der Waals surface area (Å²) in [4.78, 5) is 17.5. The van der Waals surface area contributed by atoms with E-state index in [4.69, 9.17) is 4.74 Å². The molecule has 2 aromatic rings. The zero-order valence-electron chi connectivity index (χ0n) is 17.5. The number of aromatic nitrogens is 3. The molecule has 0 spiro atoms. The second kappa shape index (κ2) is 8.51. The standard InChI is InChI=1S/C21H30N6O2/c1-15(2)29-19-6-4-17(5-7-19)27-16(3)20(23-24-27)21(28)26-11-8-18(14-26)25-12-9-22-10-13-25/h4-7,15,18,22H,8-14H2,1-3H3. The van der Waals surface area contributed by atoms with Crippen LogP contribution in [0.3, 0.4) is 0 Å². The first-order chi connectivity index (χ1) is 14.0. The summed E-state index contributed by atoms with van der Waals surface area (Å²) in [6.07, 6.45) is 1.15. The van der Waals surface area contributed by atoms with Gasteiger partial charge in [-0.25, -0.2) is 4.68 Å². The van der Waals surface area contributed by atoms with Crippen molar-refractivity contribution in [2.75, 3.05) is 39.3 Å². The van der Waals surface area contributed by atoms with Crippen LogP contribution >= 0.6 is 0 Å². The molecule has 0 aliphatic carbocycles. The number of ether oxygens (including phenoxy) is 1. The van der Waals surface area contributed by atoms with Crippen LogP contribution in [0.2, 0.25) is 0 Å². The van der Waals surface area contributed by atoms with Gasteiger partial charge in [-0.3, -0.25) is 9.69 Å². The molecule has 156 valence electrons. The van der Waals surface area contributed by atoms with Gasteiger partial charge in [-0.1, -0.05) is 5.21 Å². The minimum atomic E-state index is -0.0221. The highest BCUT2D eigenvalue weighted by atomic mass is 16.5. The monoisotopic (exact) mass is 398 g/mol. The van der Waals surface area contributed by atoms with Gasteiger partial charge in [0.1, 0.15) is 5.75 Å². The number of benzene rings is 1. The Hall–Kier alpha value is -2.45. The molecule has 1 unspecified atom stereocenters. The summed E-state index contributed by atoms with van der Waals surface area (Å²) < 4.78 is 7.41. The van der Waals surface area contributed by atoms with Crippen molar-refractivity contribution in [2.45, 2.75) is 39.3 Å². The van der Waals surface area contributed by atoms with Gasteiger partial charge in [-0.2, -0.15) is 0 Å². The van der Waals surface area contributed by atoms with Crippen LogP contribution in [0.25, 0.3) is 5.69 Å². The summed E-state index contributed by atoms with van der Waals surface area (Å²) in [7, 11) is 0. The van der Waals surface area contributed by atoms with Crippen LogP contribution in [0, 0.1) is 6.92 Å². The molecule has 29 heavy (non-hydrogen) atoms. The molecule has 0 bridgehead atoms. The van der Waals surface area contributed by atoms with Crippen LogP contribution in [-0.4, -0.2) is 82.1 Å². The van der Waals surface area contributed by atoms with Gasteiger partial charge in [0.15, 0.2) is 5.69 Å². The van der Waals surface area contributed by atoms with Crippen molar-refractivity contribution in [1.82, 2.24) is 30.1 Å². The predicted octanol–water partition coefficient (Wildman–Crippen LogP) is 1.48. The molecule has 8 nitrogen and oxygen atoms in total. The molecule has 1 aromatic carbocycles. The number of carbonyl (C=O) groups excluding carboxylic acids is 1. The number of amides is 1. The second-order valence-corrected chi connectivity index (χ2v) is 8.08. The van der Waals surface area contributed by atoms with Crippen molar-refractivity contribution in [3.8, 4) is 11.4 Å². The van der Waals surface area contributed by atoms with E-state index >= 15 is 0 Å². The third kappa shape index (κ3) is 4.28. The van der Waals surface area contributed by atoms with Gasteiger partial charge in [0.25, 0.3) is 5.91 Å². The Labute approximate surface area is 171 Å². The van der Waals surface area contributed by atoms with E-state index in [1.54, 1.807) is 4.68 Å². The van der Waals surface area contributed by atoms with E-state index in [-0.39, 0.29) is 12.0 Å². The summed E-state index contributed by atoms with van der Waals surface area (Å²) >= 11 is 0. The van der Waals surface area contributed by atoms with Crippen molar-refractivity contribution < 1.29 is 9.53 Å². The second-order valence-electron chi connectivity index (χ2n) is 8.08. The van der Waals surface area contributed by atoms with E-state index in [2.05, 4.69) is 20.5 Å². The number of piperazine rings is 1. The minimum absolute atomic E-state index is 0.0221. The molecule has 4 rings (SSSR count). The highest BCUT2D eigenvalue weighted by Gasteiger charge is 2.33. The number of likely N-dealkylation sites (tertiary alicyclic amines) is 1. The van der Waals surface area contributed by atoms with Crippen molar-refractivity contribution in [2.24, 2.45) is 0 Å². The van der Waals surface area contributed by atoms with Crippen LogP contribution in [-0.2, 0) is 0 Å². The molecule has 1 aromatic heterocycles. The lowest BCUT2D eigenvalue weighted by Gasteiger charge is -2.32. The van der Waals surface area contributed by atoms with Gasteiger partial charge in [0, 0.05) is 45.3 Å². The third-order valence-corrected chi connectivity index (χ3v) is 5.67. The Kier molecular flexibility index (Phi) is 5.82. The van der Waals surface area contributed by atoms with Gasteiger partial charge in [-0.05, 0) is 51.5 Å². The van der Waals surface area contributed by atoms with Crippen molar-refractivity contribution in [3.05, 3.63) is 35.7 Å². The highest BCUT2D eigenvalue weighted by molar-refractivity contribution is 5.93. The summed E-state index contributed by atoms with van der Waals surface area (Å²) in [6.45, 7) is 11.6. The Morgan fingerprint density at radius 1 is 1.17 bits per heavy atom. The lowest BCUT2D eigenvalue weighted by Crippen LogP contribution is -2.49. The smallest absolute Gasteiger partial charge is 0.276 e. The SMILES string of the molecule is Cc1c(C(=O)N2CCC(N3CCNCC3)C2)nnn1-c1ccc(OC(C)C)cc1. The molecule has 2 saturated heterocycles. The van der Waals surface area contributed by atoms with Crippen LogP contribution in [0.15, 0.2) is 24.3 Å². The number of rotatable bonds is 5. The Balaban J connectivity index is 1.44. The van der Waals surface area contributed by atoms with Crippen LogP contribution in [0.1, 0.15) is 36.5 Å². The molecule has 2 aliphatic rings. The van der Waals surface area contributed by atoms with Crippen LogP contribution < -0.4 is 10.1 Å². The van der Waals surface area contributed by atoms with Crippen molar-refractivity contribution in [3.63, 3.8) is 0 Å².